The molecule has 1 unspecified atom stereocenters. The fourth-order valence-electron chi connectivity index (χ4n) is 3.33. The van der Waals surface area contributed by atoms with Crippen LogP contribution in [-0.4, -0.2) is 95.1 Å². The summed E-state index contributed by atoms with van der Waals surface area (Å²) in [6.45, 7) is 22.1. The molecule has 0 bridgehead atoms. The fourth-order valence-corrected chi connectivity index (χ4v) is 3.33. The molecule has 0 fully saturated rings. The minimum Gasteiger partial charge on any atom is -0.501 e. The zero-order valence-electron chi connectivity index (χ0n) is 32.4. The van der Waals surface area contributed by atoms with E-state index in [1.54, 1.807) is 6.92 Å². The molecule has 17 nitrogen and oxygen atoms in total. The highest BCUT2D eigenvalue weighted by Crippen LogP contribution is 2.26. The number of aliphatic carboxylic acids is 4. The van der Waals surface area contributed by atoms with Gasteiger partial charge in [-0.25, -0.2) is 24.0 Å². The van der Waals surface area contributed by atoms with Gasteiger partial charge in [-0.1, -0.05) is 33.9 Å². The summed E-state index contributed by atoms with van der Waals surface area (Å²) >= 11 is 0. The van der Waals surface area contributed by atoms with Crippen molar-refractivity contribution in [1.29, 1.82) is 0 Å². The number of amides is 3. The van der Waals surface area contributed by atoms with Crippen molar-refractivity contribution < 1.29 is 68.2 Å². The van der Waals surface area contributed by atoms with Crippen LogP contribution >= 0.6 is 0 Å². The second-order valence-electron chi connectivity index (χ2n) is 12.5. The summed E-state index contributed by atoms with van der Waals surface area (Å²) in [5, 5.41) is 39.1. The molecule has 0 aromatic heterocycles. The molecule has 17 heteroatoms. The molecule has 8 N–H and O–H groups in total. The number of carbonyl (C=O) groups is 7. The summed E-state index contributed by atoms with van der Waals surface area (Å²) in [4.78, 5) is 74.1. The third-order valence-electron chi connectivity index (χ3n) is 6.17. The zero-order chi connectivity index (χ0) is 42.2. The first-order valence-electron chi connectivity index (χ1n) is 16.7. The molecule has 0 aromatic carbocycles. The third kappa shape index (κ3) is 42.7. The van der Waals surface area contributed by atoms with E-state index >= 15 is 0 Å². The Morgan fingerprint density at radius 1 is 0.736 bits per heavy atom. The van der Waals surface area contributed by atoms with Crippen LogP contribution in [-0.2, 0) is 43.0 Å². The highest BCUT2D eigenvalue weighted by molar-refractivity contribution is 5.86. The van der Waals surface area contributed by atoms with Crippen LogP contribution in [0, 0.1) is 11.3 Å². The second kappa shape index (κ2) is 32.6. The van der Waals surface area contributed by atoms with Crippen LogP contribution in [0.1, 0.15) is 93.9 Å². The second-order valence-corrected chi connectivity index (χ2v) is 12.5. The van der Waals surface area contributed by atoms with Crippen molar-refractivity contribution >= 4 is 41.8 Å². The quantitative estimate of drug-likeness (QED) is 0.0450. The van der Waals surface area contributed by atoms with E-state index in [1.807, 2.05) is 0 Å². The van der Waals surface area contributed by atoms with E-state index in [-0.39, 0.29) is 52.7 Å². The lowest BCUT2D eigenvalue weighted by Gasteiger charge is -2.28. The van der Waals surface area contributed by atoms with Gasteiger partial charge in [0.15, 0.2) is 0 Å². The monoisotopic (exact) mass is 759 g/mol. The minimum absolute atomic E-state index is 0.0659. The minimum atomic E-state index is -1.04. The molecule has 0 aliphatic carbocycles. The maximum atomic E-state index is 12.1. The Hall–Kier alpha value is -5.35. The smallest absolute Gasteiger partial charge is 0.404 e. The van der Waals surface area contributed by atoms with Gasteiger partial charge in [-0.2, -0.15) is 0 Å². The number of carbonyl (C=O) groups excluding carboxylic acids is 3. The number of nitrogens with two attached hydrogens (primary N) is 1. The van der Waals surface area contributed by atoms with Gasteiger partial charge in [0.1, 0.15) is 0 Å². The predicted octanol–water partition coefficient (Wildman–Crippen LogP) is 4.63. The van der Waals surface area contributed by atoms with Crippen molar-refractivity contribution in [3.63, 3.8) is 0 Å². The molecule has 0 radical (unpaired) electrons. The van der Waals surface area contributed by atoms with Crippen molar-refractivity contribution in [3.8, 4) is 0 Å². The molecule has 0 rings (SSSR count). The van der Waals surface area contributed by atoms with E-state index in [1.165, 1.54) is 40.2 Å². The fraction of sp³-hybridized carbons (Fsp3) is 0.583. The number of nitrogens with one attached hydrogen (secondary N) is 2. The van der Waals surface area contributed by atoms with Gasteiger partial charge in [0.2, 0.25) is 11.8 Å². The van der Waals surface area contributed by atoms with Crippen LogP contribution in [0.5, 0.6) is 0 Å². The van der Waals surface area contributed by atoms with E-state index in [9.17, 15) is 33.6 Å². The van der Waals surface area contributed by atoms with Gasteiger partial charge in [-0.05, 0) is 71.6 Å². The van der Waals surface area contributed by atoms with Gasteiger partial charge < -0.3 is 51.0 Å². The Balaban J connectivity index is -0.000000541. The number of primary amides is 1. The van der Waals surface area contributed by atoms with Crippen LogP contribution < -0.4 is 16.4 Å². The summed E-state index contributed by atoms with van der Waals surface area (Å²) in [5.41, 5.74) is 5.01. The predicted molar refractivity (Wildman–Crippen MR) is 197 cm³/mol. The molecule has 1 atom stereocenters. The first-order chi connectivity index (χ1) is 24.4. The first-order valence-corrected chi connectivity index (χ1v) is 16.7. The summed E-state index contributed by atoms with van der Waals surface area (Å²) in [5.74, 6) is -3.72. The van der Waals surface area contributed by atoms with Crippen molar-refractivity contribution in [2.45, 2.75) is 93.9 Å². The number of hydrogen-bond acceptors (Lipinski definition) is 10. The van der Waals surface area contributed by atoms with E-state index in [0.29, 0.717) is 51.3 Å². The van der Waals surface area contributed by atoms with Crippen LogP contribution in [0.2, 0.25) is 0 Å². The number of ether oxygens (including phenoxy) is 3. The van der Waals surface area contributed by atoms with Crippen LogP contribution in [0.15, 0.2) is 48.0 Å². The lowest BCUT2D eigenvalue weighted by molar-refractivity contribution is -0.133. The van der Waals surface area contributed by atoms with Crippen molar-refractivity contribution in [2.75, 3.05) is 32.9 Å². The lowest BCUT2D eigenvalue weighted by Crippen LogP contribution is -2.35. The molecule has 3 amide bonds. The van der Waals surface area contributed by atoms with Gasteiger partial charge in [0, 0.05) is 37.1 Å². The van der Waals surface area contributed by atoms with Gasteiger partial charge in [-0.15, -0.1) is 0 Å². The summed E-state index contributed by atoms with van der Waals surface area (Å²) in [6, 6.07) is 0. The van der Waals surface area contributed by atoms with Gasteiger partial charge >= 0.3 is 30.0 Å². The first kappa shape index (κ1) is 54.4. The Kier molecular flexibility index (Phi) is 33.4. The maximum Gasteiger partial charge on any atom is 0.404 e. The zero-order valence-corrected chi connectivity index (χ0v) is 32.4. The van der Waals surface area contributed by atoms with Gasteiger partial charge in [0.25, 0.3) is 0 Å². The lowest BCUT2D eigenvalue weighted by atomic mass is 9.82. The normalized spacial score (nSPS) is 11.2. The molecule has 0 aromatic rings. The molecule has 0 heterocycles. The Morgan fingerprint density at radius 2 is 1.11 bits per heavy atom. The molecule has 0 aliphatic rings. The summed E-state index contributed by atoms with van der Waals surface area (Å²) in [7, 11) is 0. The van der Waals surface area contributed by atoms with E-state index in [2.05, 4.69) is 55.0 Å². The highest BCUT2D eigenvalue weighted by Gasteiger charge is 2.22. The largest absolute Gasteiger partial charge is 0.501 e. The van der Waals surface area contributed by atoms with Crippen molar-refractivity contribution in [3.05, 3.63) is 48.0 Å². The number of carboxylic acids is 4. The number of hydrogen-bond donors (Lipinski definition) is 7. The standard InChI is InChI=1S/C25H42N2O8.2C4H6O2.C3H7NO2/c1-18(10-11-26-21(28)8-6-12-34-15-19(2)23(30)31)14-25(4,5)17-27-22(29)9-7-13-35-16-20(3)24(32)33;2*1-3(2)4(5)6;1-2-6-3(4)5/h15-16,18H,6-14,17H2,1-5H3,(H,26,28)(H,27,29)(H,30,31)(H,32,33);2*1H2,2H3,(H,5,6);2H2,1H3,(H2,4,5). The Labute approximate surface area is 312 Å². The third-order valence-corrected chi connectivity index (χ3v) is 6.17. The van der Waals surface area contributed by atoms with E-state index in [0.717, 1.165) is 12.8 Å². The van der Waals surface area contributed by atoms with Crippen LogP contribution in [0.3, 0.4) is 0 Å². The van der Waals surface area contributed by atoms with Crippen molar-refractivity contribution in [2.24, 2.45) is 17.1 Å². The molecule has 0 saturated carbocycles. The van der Waals surface area contributed by atoms with Crippen LogP contribution in [0.4, 0.5) is 4.79 Å². The average molecular weight is 760 g/mol. The molecule has 0 spiro atoms. The highest BCUT2D eigenvalue weighted by atomic mass is 16.5. The average Bonchev–Trinajstić information content (AvgIpc) is 3.03. The number of carboxylic acid groups (broad SMARTS) is 4. The Bertz CT molecular complexity index is 1210. The van der Waals surface area contributed by atoms with Gasteiger partial charge in [0.05, 0.1) is 43.5 Å². The van der Waals surface area contributed by atoms with E-state index in [4.69, 9.17) is 29.9 Å². The van der Waals surface area contributed by atoms with Crippen molar-refractivity contribution in [1.82, 2.24) is 10.6 Å². The molecule has 53 heavy (non-hydrogen) atoms. The van der Waals surface area contributed by atoms with Crippen LogP contribution in [0.25, 0.3) is 0 Å². The molecule has 0 saturated heterocycles. The van der Waals surface area contributed by atoms with E-state index < -0.39 is 30.0 Å². The summed E-state index contributed by atoms with van der Waals surface area (Å²) < 4.78 is 14.4. The maximum absolute atomic E-state index is 12.1. The molecule has 0 aliphatic heterocycles. The molecule has 304 valence electrons. The topological polar surface area (TPSA) is 278 Å². The SMILES string of the molecule is C=C(C)C(=O)O.C=C(C)C(=O)O.CC(=COCCCC(=O)NCCC(C)CC(C)(C)CNC(=O)CCCOC=C(C)C(=O)O)C(=O)O.CCOC(N)=O. The number of rotatable bonds is 22. The summed E-state index contributed by atoms with van der Waals surface area (Å²) in [6.07, 6.45) is 4.98. The molecular weight excluding hydrogens is 698 g/mol. The Morgan fingerprint density at radius 3 is 1.42 bits per heavy atom. The van der Waals surface area contributed by atoms with Gasteiger partial charge in [-0.3, -0.25) is 9.59 Å². The molecular formula is C36H61N3O14.